The Labute approximate surface area is 153 Å². The Morgan fingerprint density at radius 1 is 0.960 bits per heavy atom. The number of halogens is 3. The molecule has 1 amide bonds. The molecule has 7 heteroatoms. The fourth-order valence-corrected chi connectivity index (χ4v) is 2.62. The Balaban J connectivity index is 1.72. The van der Waals surface area contributed by atoms with Crippen LogP contribution in [0.5, 0.6) is 0 Å². The highest BCUT2D eigenvalue weighted by Crippen LogP contribution is 2.32. The van der Waals surface area contributed by atoms with E-state index in [9.17, 15) is 9.18 Å². The molecule has 25 heavy (non-hydrogen) atoms. The largest absolute Gasteiger partial charge is 0.352 e. The van der Waals surface area contributed by atoms with Crippen LogP contribution in [-0.4, -0.2) is 10.9 Å². The molecule has 4 nitrogen and oxygen atoms in total. The normalized spacial score (nSPS) is 10.4. The van der Waals surface area contributed by atoms with E-state index in [1.54, 1.807) is 36.4 Å². The third kappa shape index (κ3) is 4.26. The van der Waals surface area contributed by atoms with E-state index in [0.29, 0.717) is 27.1 Å². The van der Waals surface area contributed by atoms with E-state index in [2.05, 4.69) is 15.6 Å². The van der Waals surface area contributed by atoms with Crippen LogP contribution in [0.4, 0.5) is 21.5 Å². The van der Waals surface area contributed by atoms with E-state index < -0.39 is 11.7 Å². The Hall–Kier alpha value is -2.63. The van der Waals surface area contributed by atoms with Crippen molar-refractivity contribution >= 4 is 46.2 Å². The van der Waals surface area contributed by atoms with Gasteiger partial charge < -0.3 is 10.6 Å². The Morgan fingerprint density at radius 2 is 1.68 bits per heavy atom. The maximum Gasteiger partial charge on any atom is 0.274 e. The van der Waals surface area contributed by atoms with Crippen molar-refractivity contribution in [3.05, 3.63) is 82.4 Å². The number of anilines is 3. The smallest absolute Gasteiger partial charge is 0.274 e. The van der Waals surface area contributed by atoms with Crippen molar-refractivity contribution in [2.75, 3.05) is 10.6 Å². The van der Waals surface area contributed by atoms with E-state index >= 15 is 0 Å². The molecular weight excluding hydrogens is 364 g/mol. The van der Waals surface area contributed by atoms with Gasteiger partial charge in [0.15, 0.2) is 0 Å². The van der Waals surface area contributed by atoms with Crippen LogP contribution < -0.4 is 10.6 Å². The van der Waals surface area contributed by atoms with Gasteiger partial charge in [-0.05, 0) is 42.5 Å². The highest BCUT2D eigenvalue weighted by molar-refractivity contribution is 6.39. The third-order valence-corrected chi connectivity index (χ3v) is 3.94. The molecule has 0 saturated heterocycles. The average Bonchev–Trinajstić information content (AvgIpc) is 2.59. The van der Waals surface area contributed by atoms with Gasteiger partial charge >= 0.3 is 0 Å². The van der Waals surface area contributed by atoms with Gasteiger partial charge in [0, 0.05) is 5.69 Å². The molecule has 0 aliphatic rings. The molecule has 0 spiro atoms. The first-order valence-electron chi connectivity index (χ1n) is 7.27. The number of carbonyl (C=O) groups excluding carboxylic acids is 1. The molecule has 126 valence electrons. The number of rotatable bonds is 4. The SMILES string of the molecule is O=C(Nc1cccc(F)c1)c1ccc(Nc2c(Cl)cccc2Cl)cn1. The van der Waals surface area contributed by atoms with Gasteiger partial charge in [-0.25, -0.2) is 9.37 Å². The fourth-order valence-electron chi connectivity index (χ4n) is 2.13. The first-order chi connectivity index (χ1) is 12.0. The van der Waals surface area contributed by atoms with E-state index in [4.69, 9.17) is 23.2 Å². The number of para-hydroxylation sites is 1. The van der Waals surface area contributed by atoms with Crippen LogP contribution in [-0.2, 0) is 0 Å². The standard InChI is InChI=1S/C18H12Cl2FN3O/c19-14-5-2-6-15(20)17(14)23-13-7-8-16(22-10-13)18(25)24-12-4-1-3-11(21)9-12/h1-10,23H,(H,24,25). The van der Waals surface area contributed by atoms with Crippen molar-refractivity contribution in [3.8, 4) is 0 Å². The molecule has 3 rings (SSSR count). The zero-order chi connectivity index (χ0) is 17.8. The second-order valence-electron chi connectivity index (χ2n) is 5.12. The van der Waals surface area contributed by atoms with Crippen LogP contribution in [0.25, 0.3) is 0 Å². The minimum atomic E-state index is -0.437. The molecule has 0 bridgehead atoms. The quantitative estimate of drug-likeness (QED) is 0.630. The average molecular weight is 376 g/mol. The van der Waals surface area contributed by atoms with E-state index in [1.165, 1.54) is 24.4 Å². The summed E-state index contributed by atoms with van der Waals surface area (Å²) in [5, 5.41) is 6.58. The zero-order valence-electron chi connectivity index (χ0n) is 12.8. The monoisotopic (exact) mass is 375 g/mol. The zero-order valence-corrected chi connectivity index (χ0v) is 14.3. The van der Waals surface area contributed by atoms with Gasteiger partial charge in [0.25, 0.3) is 5.91 Å². The molecule has 0 aliphatic heterocycles. The first kappa shape index (κ1) is 17.2. The van der Waals surface area contributed by atoms with E-state index in [0.717, 1.165) is 0 Å². The van der Waals surface area contributed by atoms with Gasteiger partial charge in [-0.2, -0.15) is 0 Å². The lowest BCUT2D eigenvalue weighted by molar-refractivity contribution is 0.102. The van der Waals surface area contributed by atoms with Crippen molar-refractivity contribution in [1.82, 2.24) is 4.98 Å². The molecule has 1 heterocycles. The van der Waals surface area contributed by atoms with E-state index in [-0.39, 0.29) is 5.69 Å². The number of aromatic nitrogens is 1. The van der Waals surface area contributed by atoms with Crippen molar-refractivity contribution in [2.45, 2.75) is 0 Å². The molecule has 0 radical (unpaired) electrons. The van der Waals surface area contributed by atoms with Crippen molar-refractivity contribution in [2.24, 2.45) is 0 Å². The summed E-state index contributed by atoms with van der Waals surface area (Å²) < 4.78 is 13.1. The molecule has 0 aliphatic carbocycles. The number of hydrogen-bond donors (Lipinski definition) is 2. The van der Waals surface area contributed by atoms with Crippen LogP contribution in [0.1, 0.15) is 10.5 Å². The Kier molecular flexibility index (Phi) is 5.16. The Morgan fingerprint density at radius 3 is 2.32 bits per heavy atom. The second-order valence-corrected chi connectivity index (χ2v) is 5.93. The molecule has 3 aromatic rings. The van der Waals surface area contributed by atoms with Crippen LogP contribution in [0.15, 0.2) is 60.8 Å². The van der Waals surface area contributed by atoms with Crippen LogP contribution in [0, 0.1) is 5.82 Å². The lowest BCUT2D eigenvalue weighted by Gasteiger charge is -2.10. The van der Waals surface area contributed by atoms with Crippen molar-refractivity contribution < 1.29 is 9.18 Å². The molecule has 2 N–H and O–H groups in total. The molecule has 0 fully saturated rings. The lowest BCUT2D eigenvalue weighted by Crippen LogP contribution is -2.13. The molecule has 0 atom stereocenters. The number of benzene rings is 2. The second kappa shape index (κ2) is 7.51. The van der Waals surface area contributed by atoms with Crippen LogP contribution in [0.2, 0.25) is 10.0 Å². The predicted molar refractivity (Wildman–Crippen MR) is 98.3 cm³/mol. The molecule has 2 aromatic carbocycles. The van der Waals surface area contributed by atoms with Gasteiger partial charge in [0.05, 0.1) is 27.6 Å². The number of nitrogens with one attached hydrogen (secondary N) is 2. The summed E-state index contributed by atoms with van der Waals surface area (Å²) in [6, 6.07) is 14.0. The maximum atomic E-state index is 13.1. The van der Waals surface area contributed by atoms with Gasteiger partial charge in [-0.1, -0.05) is 35.3 Å². The fraction of sp³-hybridized carbons (Fsp3) is 0. The summed E-state index contributed by atoms with van der Waals surface area (Å²) in [5.41, 5.74) is 1.74. The third-order valence-electron chi connectivity index (χ3n) is 3.31. The summed E-state index contributed by atoms with van der Waals surface area (Å²) in [7, 11) is 0. The minimum Gasteiger partial charge on any atom is -0.352 e. The van der Waals surface area contributed by atoms with Gasteiger partial charge in [0.1, 0.15) is 11.5 Å². The van der Waals surface area contributed by atoms with Crippen LogP contribution in [0.3, 0.4) is 0 Å². The lowest BCUT2D eigenvalue weighted by atomic mass is 10.2. The number of pyridine rings is 1. The number of carbonyl (C=O) groups is 1. The topological polar surface area (TPSA) is 54.0 Å². The summed E-state index contributed by atoms with van der Waals surface area (Å²) in [4.78, 5) is 16.2. The Bertz CT molecular complexity index is 896. The van der Waals surface area contributed by atoms with Gasteiger partial charge in [0.2, 0.25) is 0 Å². The first-order valence-corrected chi connectivity index (χ1v) is 8.02. The van der Waals surface area contributed by atoms with Crippen molar-refractivity contribution in [1.29, 1.82) is 0 Å². The number of hydrogen-bond acceptors (Lipinski definition) is 3. The predicted octanol–water partition coefficient (Wildman–Crippen LogP) is 5.52. The molecule has 1 aromatic heterocycles. The maximum absolute atomic E-state index is 13.1. The summed E-state index contributed by atoms with van der Waals surface area (Å²) >= 11 is 12.2. The number of amides is 1. The summed E-state index contributed by atoms with van der Waals surface area (Å²) in [6.07, 6.45) is 1.49. The molecule has 0 unspecified atom stereocenters. The number of nitrogens with zero attached hydrogens (tertiary/aromatic N) is 1. The highest BCUT2D eigenvalue weighted by Gasteiger charge is 2.10. The van der Waals surface area contributed by atoms with Crippen LogP contribution >= 0.6 is 23.2 Å². The highest BCUT2D eigenvalue weighted by atomic mass is 35.5. The molecular formula is C18H12Cl2FN3O. The van der Waals surface area contributed by atoms with E-state index in [1.807, 2.05) is 0 Å². The minimum absolute atomic E-state index is 0.195. The molecule has 0 saturated carbocycles. The summed E-state index contributed by atoms with van der Waals surface area (Å²) in [6.45, 7) is 0. The van der Waals surface area contributed by atoms with Crippen molar-refractivity contribution in [3.63, 3.8) is 0 Å². The van der Waals surface area contributed by atoms with Gasteiger partial charge in [-0.3, -0.25) is 4.79 Å². The van der Waals surface area contributed by atoms with Gasteiger partial charge in [-0.15, -0.1) is 0 Å². The summed E-state index contributed by atoms with van der Waals surface area (Å²) in [5.74, 6) is -0.866.